The average Bonchev–Trinajstić information content (AvgIpc) is 2.68. The smallest absolute Gasteiger partial charge is 0.225 e. The van der Waals surface area contributed by atoms with Crippen molar-refractivity contribution in [2.75, 3.05) is 6.61 Å². The zero-order valence-corrected chi connectivity index (χ0v) is 16.5. The minimum absolute atomic E-state index is 0.0145. The fraction of sp³-hybridized carbons (Fsp3) is 0.304. The van der Waals surface area contributed by atoms with Gasteiger partial charge in [-0.1, -0.05) is 41.9 Å². The molecule has 0 fully saturated rings. The Morgan fingerprint density at radius 3 is 2.50 bits per heavy atom. The number of carbonyl (C=O) groups excluding carboxylic acids is 2. The highest BCUT2D eigenvalue weighted by Crippen LogP contribution is 2.43. The highest BCUT2D eigenvalue weighted by molar-refractivity contribution is 6.31. The normalized spacial score (nSPS) is 21.9. The van der Waals surface area contributed by atoms with Crippen molar-refractivity contribution in [3.63, 3.8) is 0 Å². The first-order valence-corrected chi connectivity index (χ1v) is 9.98. The number of hydrogen-bond acceptors (Lipinski definition) is 3. The number of amides is 1. The lowest BCUT2D eigenvalue weighted by Gasteiger charge is -2.34. The third-order valence-corrected chi connectivity index (χ3v) is 5.82. The molecule has 0 unspecified atom stereocenters. The van der Waals surface area contributed by atoms with Crippen LogP contribution in [0.1, 0.15) is 49.1 Å². The first-order valence-electron chi connectivity index (χ1n) is 9.60. The monoisotopic (exact) mass is 395 g/mol. The van der Waals surface area contributed by atoms with E-state index in [9.17, 15) is 9.59 Å². The molecule has 0 saturated heterocycles. The first-order chi connectivity index (χ1) is 13.6. The minimum Gasteiger partial charge on any atom is -0.494 e. The topological polar surface area (TPSA) is 55.4 Å². The average molecular weight is 396 g/mol. The lowest BCUT2D eigenvalue weighted by atomic mass is 9.73. The Hall–Kier alpha value is -2.59. The number of ether oxygens (including phenoxy) is 1. The van der Waals surface area contributed by atoms with Crippen LogP contribution in [0.2, 0.25) is 5.02 Å². The molecule has 1 amide bonds. The largest absolute Gasteiger partial charge is 0.494 e. The molecular formula is C23H22ClNO3. The van der Waals surface area contributed by atoms with Crippen molar-refractivity contribution in [1.82, 2.24) is 5.32 Å². The van der Waals surface area contributed by atoms with E-state index in [-0.39, 0.29) is 29.9 Å². The van der Waals surface area contributed by atoms with Crippen LogP contribution in [0, 0.1) is 0 Å². The second kappa shape index (κ2) is 7.80. The lowest BCUT2D eigenvalue weighted by Crippen LogP contribution is -2.38. The Morgan fingerprint density at radius 1 is 1.04 bits per heavy atom. The number of carbonyl (C=O) groups is 2. The second-order valence-electron chi connectivity index (χ2n) is 7.25. The van der Waals surface area contributed by atoms with Gasteiger partial charge < -0.3 is 10.1 Å². The quantitative estimate of drug-likeness (QED) is 0.813. The molecule has 0 saturated carbocycles. The van der Waals surface area contributed by atoms with Gasteiger partial charge in [0.1, 0.15) is 5.75 Å². The number of ketones is 1. The van der Waals surface area contributed by atoms with Crippen molar-refractivity contribution in [3.8, 4) is 5.75 Å². The maximum absolute atomic E-state index is 13.1. The van der Waals surface area contributed by atoms with Crippen molar-refractivity contribution in [1.29, 1.82) is 0 Å². The second-order valence-corrected chi connectivity index (χ2v) is 7.66. The molecule has 1 N–H and O–H groups in total. The van der Waals surface area contributed by atoms with E-state index in [0.29, 0.717) is 24.5 Å². The van der Waals surface area contributed by atoms with Crippen LogP contribution >= 0.6 is 11.6 Å². The van der Waals surface area contributed by atoms with Gasteiger partial charge in [0.25, 0.3) is 0 Å². The van der Waals surface area contributed by atoms with Crippen LogP contribution in [0.15, 0.2) is 59.8 Å². The summed E-state index contributed by atoms with van der Waals surface area (Å²) < 4.78 is 5.50. The summed E-state index contributed by atoms with van der Waals surface area (Å²) in [6.07, 6.45) is 1.31. The van der Waals surface area contributed by atoms with Gasteiger partial charge in [0.15, 0.2) is 5.78 Å². The first kappa shape index (κ1) is 18.8. The Balaban J connectivity index is 1.67. The molecule has 4 nitrogen and oxygen atoms in total. The van der Waals surface area contributed by atoms with Crippen LogP contribution in [-0.2, 0) is 9.59 Å². The van der Waals surface area contributed by atoms with E-state index in [1.54, 1.807) is 0 Å². The summed E-state index contributed by atoms with van der Waals surface area (Å²) in [4.78, 5) is 25.5. The van der Waals surface area contributed by atoms with Crippen molar-refractivity contribution in [3.05, 3.63) is 76.0 Å². The fourth-order valence-corrected chi connectivity index (χ4v) is 4.52. The van der Waals surface area contributed by atoms with E-state index < -0.39 is 0 Å². The van der Waals surface area contributed by atoms with Crippen molar-refractivity contribution in [2.45, 2.75) is 38.0 Å². The predicted molar refractivity (Wildman–Crippen MR) is 109 cm³/mol. The number of halogens is 1. The minimum atomic E-state index is -0.209. The van der Waals surface area contributed by atoms with Gasteiger partial charge in [0.05, 0.1) is 6.61 Å². The molecule has 1 aliphatic heterocycles. The van der Waals surface area contributed by atoms with Crippen LogP contribution in [0.25, 0.3) is 0 Å². The van der Waals surface area contributed by atoms with Crippen LogP contribution in [-0.4, -0.2) is 18.3 Å². The number of benzene rings is 2. The summed E-state index contributed by atoms with van der Waals surface area (Å²) in [5, 5.41) is 3.61. The van der Waals surface area contributed by atoms with Gasteiger partial charge >= 0.3 is 0 Å². The maximum Gasteiger partial charge on any atom is 0.225 e. The molecule has 0 radical (unpaired) electrons. The van der Waals surface area contributed by atoms with Gasteiger partial charge in [-0.2, -0.15) is 0 Å². The number of allylic oxidation sites excluding steroid dienone is 2. The molecule has 5 heteroatoms. The van der Waals surface area contributed by atoms with Gasteiger partial charge in [-0.25, -0.2) is 0 Å². The summed E-state index contributed by atoms with van der Waals surface area (Å²) in [5.74, 6) is 0.600. The molecule has 1 aliphatic carbocycles. The molecule has 1 heterocycles. The molecule has 2 aromatic rings. The Bertz CT molecular complexity index is 949. The summed E-state index contributed by atoms with van der Waals surface area (Å²) in [6, 6.07) is 15.3. The standard InChI is InChI=1S/C23H22ClNO3/c1-2-28-16-9-7-14(8-10-16)18-13-22(27)25-20-11-15(12-21(26)23(18)20)17-5-3-4-6-19(17)24/h3-10,15,18H,2,11-13H2,1H3,(H,25,27)/t15-,18-/m1/s1. The van der Waals surface area contributed by atoms with Gasteiger partial charge in [-0.05, 0) is 48.6 Å². The Morgan fingerprint density at radius 2 is 1.79 bits per heavy atom. The summed E-state index contributed by atoms with van der Waals surface area (Å²) >= 11 is 6.35. The lowest BCUT2D eigenvalue weighted by molar-refractivity contribution is -0.122. The van der Waals surface area contributed by atoms with E-state index in [4.69, 9.17) is 16.3 Å². The van der Waals surface area contributed by atoms with Crippen LogP contribution in [0.4, 0.5) is 0 Å². The molecule has 4 rings (SSSR count). The molecule has 0 aromatic heterocycles. The van der Waals surface area contributed by atoms with Crippen LogP contribution < -0.4 is 10.1 Å². The van der Waals surface area contributed by atoms with E-state index >= 15 is 0 Å². The van der Waals surface area contributed by atoms with Crippen molar-refractivity contribution >= 4 is 23.3 Å². The Kier molecular flexibility index (Phi) is 5.23. The molecule has 2 atom stereocenters. The number of hydrogen-bond donors (Lipinski definition) is 1. The molecule has 144 valence electrons. The van der Waals surface area contributed by atoms with E-state index in [2.05, 4.69) is 5.32 Å². The molecule has 28 heavy (non-hydrogen) atoms. The fourth-order valence-electron chi connectivity index (χ4n) is 4.23. The zero-order chi connectivity index (χ0) is 19.7. The molecule has 0 spiro atoms. The predicted octanol–water partition coefficient (Wildman–Crippen LogP) is 4.74. The van der Waals surface area contributed by atoms with Gasteiger partial charge in [-0.15, -0.1) is 0 Å². The highest BCUT2D eigenvalue weighted by Gasteiger charge is 2.38. The van der Waals surface area contributed by atoms with Crippen LogP contribution in [0.5, 0.6) is 5.75 Å². The van der Waals surface area contributed by atoms with E-state index in [1.807, 2.05) is 55.5 Å². The third kappa shape index (κ3) is 3.57. The molecular weight excluding hydrogens is 374 g/mol. The highest BCUT2D eigenvalue weighted by atomic mass is 35.5. The number of nitrogens with one attached hydrogen (secondary N) is 1. The van der Waals surface area contributed by atoms with Gasteiger partial charge in [0, 0.05) is 35.1 Å². The molecule has 2 aliphatic rings. The van der Waals surface area contributed by atoms with Crippen LogP contribution in [0.3, 0.4) is 0 Å². The number of Topliss-reactive ketones (excluding diaryl/α,β-unsaturated/α-hetero) is 1. The summed E-state index contributed by atoms with van der Waals surface area (Å²) in [7, 11) is 0. The summed E-state index contributed by atoms with van der Waals surface area (Å²) in [5.41, 5.74) is 3.42. The number of rotatable bonds is 4. The molecule has 2 aromatic carbocycles. The maximum atomic E-state index is 13.1. The SMILES string of the molecule is CCOc1ccc([C@H]2CC(=O)NC3=C2C(=O)C[C@H](c2ccccc2Cl)C3)cc1. The van der Waals surface area contributed by atoms with E-state index in [1.165, 1.54) is 0 Å². The zero-order valence-electron chi connectivity index (χ0n) is 15.7. The Labute approximate surface area is 169 Å². The van der Waals surface area contributed by atoms with Crippen molar-refractivity contribution < 1.29 is 14.3 Å². The van der Waals surface area contributed by atoms with E-state index in [0.717, 1.165) is 28.1 Å². The summed E-state index contributed by atoms with van der Waals surface area (Å²) in [6.45, 7) is 2.54. The van der Waals surface area contributed by atoms with Gasteiger partial charge in [0.2, 0.25) is 5.91 Å². The van der Waals surface area contributed by atoms with Gasteiger partial charge in [-0.3, -0.25) is 9.59 Å². The molecule has 0 bridgehead atoms. The van der Waals surface area contributed by atoms with Crippen molar-refractivity contribution in [2.24, 2.45) is 0 Å². The third-order valence-electron chi connectivity index (χ3n) is 5.47.